The van der Waals surface area contributed by atoms with E-state index in [1.165, 1.54) is 0 Å². The van der Waals surface area contributed by atoms with Crippen LogP contribution >= 0.6 is 0 Å². The topological polar surface area (TPSA) is 92.5 Å². The van der Waals surface area contributed by atoms with E-state index in [0.717, 1.165) is 11.3 Å². The number of rotatable bonds is 6. The van der Waals surface area contributed by atoms with E-state index in [9.17, 15) is 13.2 Å². The molecule has 1 aromatic heterocycles. The van der Waals surface area contributed by atoms with Gasteiger partial charge in [-0.25, -0.2) is 13.1 Å². The Morgan fingerprint density at radius 1 is 1.45 bits per heavy atom. The van der Waals surface area contributed by atoms with Gasteiger partial charge in [-0.2, -0.15) is 0 Å². The van der Waals surface area contributed by atoms with Crippen LogP contribution < -0.4 is 4.72 Å². The van der Waals surface area contributed by atoms with Gasteiger partial charge in [0.1, 0.15) is 11.0 Å². The summed E-state index contributed by atoms with van der Waals surface area (Å²) < 4.78 is 32.6. The number of carbonyl (C=O) groups is 1. The number of aryl methyl sites for hydroxylation is 2. The van der Waals surface area contributed by atoms with Gasteiger partial charge in [0.15, 0.2) is 0 Å². The Morgan fingerprint density at radius 2 is 2.14 bits per heavy atom. The van der Waals surface area contributed by atoms with E-state index in [-0.39, 0.29) is 24.9 Å². The Morgan fingerprint density at radius 3 is 2.64 bits per heavy atom. The lowest BCUT2D eigenvalue weighted by molar-refractivity contribution is -0.127. The number of nitrogens with one attached hydrogen (secondary N) is 1. The van der Waals surface area contributed by atoms with Crippen molar-refractivity contribution in [3.8, 4) is 0 Å². The van der Waals surface area contributed by atoms with Gasteiger partial charge in [-0.15, -0.1) is 0 Å². The van der Waals surface area contributed by atoms with E-state index in [0.29, 0.717) is 18.7 Å². The van der Waals surface area contributed by atoms with Crippen LogP contribution in [0.25, 0.3) is 0 Å². The molecule has 22 heavy (non-hydrogen) atoms. The van der Waals surface area contributed by atoms with Crippen LogP contribution in [0.1, 0.15) is 37.3 Å². The highest BCUT2D eigenvalue weighted by atomic mass is 32.2. The smallest absolute Gasteiger partial charge is 0.224 e. The number of amides is 1. The van der Waals surface area contributed by atoms with Crippen LogP contribution in [-0.2, 0) is 21.2 Å². The molecule has 1 aliphatic heterocycles. The third-order valence-electron chi connectivity index (χ3n) is 4.06. The first-order chi connectivity index (χ1) is 10.2. The Hall–Kier alpha value is -1.41. The number of carbonyl (C=O) groups excluding carboxylic acids is 1. The van der Waals surface area contributed by atoms with Crippen molar-refractivity contribution in [1.29, 1.82) is 0 Å². The number of aromatic nitrogens is 1. The zero-order valence-electron chi connectivity index (χ0n) is 13.4. The van der Waals surface area contributed by atoms with Crippen LogP contribution in [0.3, 0.4) is 0 Å². The second-order valence-electron chi connectivity index (χ2n) is 5.83. The van der Waals surface area contributed by atoms with Gasteiger partial charge in [0.25, 0.3) is 0 Å². The van der Waals surface area contributed by atoms with E-state index in [2.05, 4.69) is 9.88 Å². The van der Waals surface area contributed by atoms with Crippen molar-refractivity contribution < 1.29 is 17.7 Å². The maximum absolute atomic E-state index is 12.4. The molecular weight excluding hydrogens is 306 g/mol. The predicted octanol–water partition coefficient (Wildman–Crippen LogP) is 0.763. The normalized spacial score (nSPS) is 20.6. The molecule has 1 saturated heterocycles. The van der Waals surface area contributed by atoms with Gasteiger partial charge in [-0.05, 0) is 34.1 Å². The molecule has 0 aliphatic carbocycles. The minimum Gasteiger partial charge on any atom is -0.361 e. The zero-order valence-corrected chi connectivity index (χ0v) is 14.2. The van der Waals surface area contributed by atoms with Crippen molar-refractivity contribution in [2.45, 2.75) is 51.8 Å². The second kappa shape index (κ2) is 6.37. The average molecular weight is 329 g/mol. The Bertz CT molecular complexity index is 634. The van der Waals surface area contributed by atoms with Crippen molar-refractivity contribution in [3.63, 3.8) is 0 Å². The monoisotopic (exact) mass is 329 g/mol. The van der Waals surface area contributed by atoms with Gasteiger partial charge in [0.2, 0.25) is 15.9 Å². The molecule has 2 heterocycles. The van der Waals surface area contributed by atoms with Crippen LogP contribution in [0.15, 0.2) is 4.52 Å². The highest BCUT2D eigenvalue weighted by Crippen LogP contribution is 2.19. The van der Waals surface area contributed by atoms with Gasteiger partial charge in [0, 0.05) is 31.1 Å². The van der Waals surface area contributed by atoms with Gasteiger partial charge in [-0.1, -0.05) is 5.16 Å². The molecule has 1 fully saturated rings. The maximum Gasteiger partial charge on any atom is 0.224 e. The largest absolute Gasteiger partial charge is 0.361 e. The molecule has 0 bridgehead atoms. The number of nitrogens with zero attached hydrogens (tertiary/aromatic N) is 2. The van der Waals surface area contributed by atoms with E-state index >= 15 is 0 Å². The number of sulfonamides is 1. The molecule has 2 atom stereocenters. The van der Waals surface area contributed by atoms with E-state index in [1.54, 1.807) is 11.8 Å². The van der Waals surface area contributed by atoms with Crippen molar-refractivity contribution in [3.05, 3.63) is 17.0 Å². The number of hydrogen-bond donors (Lipinski definition) is 1. The summed E-state index contributed by atoms with van der Waals surface area (Å²) in [6.07, 6.45) is 0.569. The molecule has 0 spiro atoms. The third-order valence-corrected chi connectivity index (χ3v) is 5.98. The molecule has 124 valence electrons. The first kappa shape index (κ1) is 17.0. The van der Waals surface area contributed by atoms with Crippen LogP contribution in [-0.4, -0.2) is 48.8 Å². The van der Waals surface area contributed by atoms with Crippen LogP contribution in [0.5, 0.6) is 0 Å². The SMILES string of the molecule is CCN1C[C@H](S(=O)(=O)N[C@H](C)Cc2c(C)noc2C)CC1=O. The Kier molecular flexibility index (Phi) is 4.91. The lowest BCUT2D eigenvalue weighted by atomic mass is 10.1. The summed E-state index contributed by atoms with van der Waals surface area (Å²) in [6, 6.07) is -0.285. The van der Waals surface area contributed by atoms with Crippen LogP contribution in [0.2, 0.25) is 0 Å². The molecule has 0 unspecified atom stereocenters. The fourth-order valence-electron chi connectivity index (χ4n) is 2.77. The molecule has 1 N–H and O–H groups in total. The van der Waals surface area contributed by atoms with Crippen molar-refractivity contribution >= 4 is 15.9 Å². The molecule has 1 aromatic rings. The zero-order chi connectivity index (χ0) is 16.5. The third kappa shape index (κ3) is 3.49. The summed E-state index contributed by atoms with van der Waals surface area (Å²) in [5.74, 6) is 0.605. The molecule has 0 saturated carbocycles. The van der Waals surface area contributed by atoms with Gasteiger partial charge in [-0.3, -0.25) is 4.79 Å². The molecule has 8 heteroatoms. The fourth-order valence-corrected chi connectivity index (χ4v) is 4.34. The van der Waals surface area contributed by atoms with Crippen molar-refractivity contribution in [1.82, 2.24) is 14.8 Å². The Balaban J connectivity index is 2.01. The first-order valence-electron chi connectivity index (χ1n) is 7.45. The first-order valence-corrected chi connectivity index (χ1v) is 8.99. The molecule has 0 radical (unpaired) electrons. The molecule has 1 amide bonds. The lowest BCUT2D eigenvalue weighted by Crippen LogP contribution is -2.41. The summed E-state index contributed by atoms with van der Waals surface area (Å²) in [5.41, 5.74) is 1.70. The molecule has 1 aliphatic rings. The molecule has 2 rings (SSSR count). The maximum atomic E-state index is 12.4. The van der Waals surface area contributed by atoms with Gasteiger partial charge < -0.3 is 9.42 Å². The fraction of sp³-hybridized carbons (Fsp3) is 0.714. The molecular formula is C14H23N3O4S. The van der Waals surface area contributed by atoms with Crippen LogP contribution in [0.4, 0.5) is 0 Å². The standard InChI is InChI=1S/C14H23N3O4S/c1-5-17-8-12(7-14(17)18)22(19,20)16-9(2)6-13-10(3)15-21-11(13)4/h9,12,16H,5-8H2,1-4H3/t9-,12-/m1/s1. The Labute approximate surface area is 131 Å². The lowest BCUT2D eigenvalue weighted by Gasteiger charge is -2.18. The van der Waals surface area contributed by atoms with Gasteiger partial charge in [0.05, 0.1) is 5.69 Å². The van der Waals surface area contributed by atoms with Crippen molar-refractivity contribution in [2.24, 2.45) is 0 Å². The summed E-state index contributed by atoms with van der Waals surface area (Å²) in [7, 11) is -3.53. The van der Waals surface area contributed by atoms with Gasteiger partial charge >= 0.3 is 0 Å². The number of likely N-dealkylation sites (tertiary alicyclic amines) is 1. The van der Waals surface area contributed by atoms with E-state index in [4.69, 9.17) is 4.52 Å². The quantitative estimate of drug-likeness (QED) is 0.832. The molecule has 7 nitrogen and oxygen atoms in total. The minimum absolute atomic E-state index is 0.0568. The van der Waals surface area contributed by atoms with Crippen molar-refractivity contribution in [2.75, 3.05) is 13.1 Å². The minimum atomic E-state index is -3.53. The van der Waals surface area contributed by atoms with Crippen LogP contribution in [0, 0.1) is 13.8 Å². The summed E-state index contributed by atoms with van der Waals surface area (Å²) in [6.45, 7) is 8.10. The average Bonchev–Trinajstić information content (AvgIpc) is 2.96. The summed E-state index contributed by atoms with van der Waals surface area (Å²) in [4.78, 5) is 13.3. The second-order valence-corrected chi connectivity index (χ2v) is 7.82. The summed E-state index contributed by atoms with van der Waals surface area (Å²) >= 11 is 0. The molecule has 0 aromatic carbocycles. The predicted molar refractivity (Wildman–Crippen MR) is 81.9 cm³/mol. The number of hydrogen-bond acceptors (Lipinski definition) is 5. The highest BCUT2D eigenvalue weighted by Gasteiger charge is 2.38. The highest BCUT2D eigenvalue weighted by molar-refractivity contribution is 7.90. The van der Waals surface area contributed by atoms with E-state index in [1.807, 2.05) is 20.8 Å². The summed E-state index contributed by atoms with van der Waals surface area (Å²) in [5, 5.41) is 3.20. The van der Waals surface area contributed by atoms with E-state index < -0.39 is 15.3 Å².